The Balaban J connectivity index is 1.17. The number of carbonyl (C=O) groups is 1. The van der Waals surface area contributed by atoms with E-state index in [1.807, 2.05) is 30.3 Å². The Morgan fingerprint density at radius 2 is 1.68 bits per heavy atom. The third-order valence-electron chi connectivity index (χ3n) is 5.34. The average molecular weight is 387 g/mol. The van der Waals surface area contributed by atoms with E-state index in [-0.39, 0.29) is 5.78 Å². The van der Waals surface area contributed by atoms with Gasteiger partial charge in [-0.25, -0.2) is 0 Å². The number of anilines is 1. The highest BCUT2D eigenvalue weighted by Crippen LogP contribution is 2.11. The molecule has 2 aromatic rings. The number of nitrogens with two attached hydrogens (primary N) is 1. The Labute approximate surface area is 167 Å². The quantitative estimate of drug-likeness (QED) is 0.363. The Morgan fingerprint density at radius 1 is 1.00 bits per heavy atom. The first kappa shape index (κ1) is 20.3. The summed E-state index contributed by atoms with van der Waals surface area (Å²) in [6, 6.07) is 9.61. The Morgan fingerprint density at radius 3 is 2.36 bits per heavy atom. The molecular weight excluding hydrogens is 354 g/mol. The number of unbranched alkanes of at least 4 members (excludes halogenated alkanes) is 5. The van der Waals surface area contributed by atoms with Gasteiger partial charge in [0.15, 0.2) is 5.78 Å². The lowest BCUT2D eigenvalue weighted by molar-refractivity contribution is -0.759. The predicted molar refractivity (Wildman–Crippen MR) is 109 cm³/mol. The summed E-state index contributed by atoms with van der Waals surface area (Å²) in [7, 11) is 0. The van der Waals surface area contributed by atoms with Gasteiger partial charge in [0, 0.05) is 25.1 Å². The van der Waals surface area contributed by atoms with Gasteiger partial charge in [-0.2, -0.15) is 5.01 Å². The summed E-state index contributed by atoms with van der Waals surface area (Å²) >= 11 is 0. The molecule has 2 N–H and O–H groups in total. The summed E-state index contributed by atoms with van der Waals surface area (Å²) in [5, 5.41) is 6.05. The van der Waals surface area contributed by atoms with Gasteiger partial charge in [0.05, 0.1) is 17.9 Å². The Hall–Kier alpha value is -2.41. The maximum atomic E-state index is 12.0. The van der Waals surface area contributed by atoms with Crippen LogP contribution < -0.4 is 15.5 Å². The first-order chi connectivity index (χ1) is 13.7. The predicted octanol–water partition coefficient (Wildman–Crippen LogP) is 2.41. The molecule has 3 rings (SSSR count). The SMILES string of the molecule is Nc1c[n+](N2CCN(CCCCCCCCC(=O)c3ccccc3)CC2)no1. The zero-order valence-electron chi connectivity index (χ0n) is 16.6. The maximum absolute atomic E-state index is 12.0. The second kappa shape index (κ2) is 10.8. The van der Waals surface area contributed by atoms with E-state index in [0.717, 1.165) is 51.1 Å². The molecule has 1 aromatic heterocycles. The molecule has 7 heteroatoms. The maximum Gasteiger partial charge on any atom is 0.296 e. The van der Waals surface area contributed by atoms with Gasteiger partial charge >= 0.3 is 0 Å². The molecule has 1 aliphatic heterocycles. The van der Waals surface area contributed by atoms with Crippen molar-refractivity contribution in [3.05, 3.63) is 42.1 Å². The molecule has 2 heterocycles. The largest absolute Gasteiger partial charge is 0.362 e. The number of rotatable bonds is 11. The van der Waals surface area contributed by atoms with E-state index >= 15 is 0 Å². The summed E-state index contributed by atoms with van der Waals surface area (Å²) in [4.78, 5) is 16.3. The molecule has 0 bridgehead atoms. The van der Waals surface area contributed by atoms with E-state index in [1.165, 1.54) is 25.7 Å². The van der Waals surface area contributed by atoms with Crippen LogP contribution in [0.4, 0.5) is 5.88 Å². The van der Waals surface area contributed by atoms with Crippen LogP contribution in [0, 0.1) is 0 Å². The van der Waals surface area contributed by atoms with Gasteiger partial charge in [0.1, 0.15) is 0 Å². The van der Waals surface area contributed by atoms with Crippen molar-refractivity contribution >= 4 is 11.7 Å². The fraction of sp³-hybridized carbons (Fsp3) is 0.571. The van der Waals surface area contributed by atoms with Crippen LogP contribution in [-0.2, 0) is 0 Å². The summed E-state index contributed by atoms with van der Waals surface area (Å²) in [6.45, 7) is 5.12. The van der Waals surface area contributed by atoms with E-state index in [2.05, 4.69) is 15.2 Å². The fourth-order valence-corrected chi connectivity index (χ4v) is 3.65. The molecule has 1 saturated heterocycles. The minimum atomic E-state index is 0.270. The minimum absolute atomic E-state index is 0.270. The number of Topliss-reactive ketones (excluding diaryl/α,β-unsaturated/α-hetero) is 1. The number of hydrogen-bond acceptors (Lipinski definition) is 6. The van der Waals surface area contributed by atoms with E-state index < -0.39 is 0 Å². The van der Waals surface area contributed by atoms with Crippen LogP contribution in [0.15, 0.2) is 41.1 Å². The van der Waals surface area contributed by atoms with E-state index in [1.54, 1.807) is 11.0 Å². The molecule has 0 atom stereocenters. The molecule has 152 valence electrons. The lowest BCUT2D eigenvalue weighted by Crippen LogP contribution is -2.65. The first-order valence-corrected chi connectivity index (χ1v) is 10.4. The van der Waals surface area contributed by atoms with Crippen LogP contribution in [0.5, 0.6) is 0 Å². The van der Waals surface area contributed by atoms with Gasteiger partial charge in [-0.15, -0.1) is 0 Å². The summed E-state index contributed by atoms with van der Waals surface area (Å²) in [5.74, 6) is 0.609. The molecule has 1 fully saturated rings. The second-order valence-corrected chi connectivity index (χ2v) is 7.48. The van der Waals surface area contributed by atoms with Crippen molar-refractivity contribution in [2.45, 2.75) is 44.9 Å². The van der Waals surface area contributed by atoms with E-state index in [9.17, 15) is 4.79 Å². The molecule has 7 nitrogen and oxygen atoms in total. The molecular formula is C21H32N5O2+. The number of nitrogens with zero attached hydrogens (tertiary/aromatic N) is 4. The Bertz CT molecular complexity index is 711. The lowest BCUT2D eigenvalue weighted by atomic mass is 10.0. The topological polar surface area (TPSA) is 79.5 Å². The summed E-state index contributed by atoms with van der Waals surface area (Å²) in [6.07, 6.45) is 9.52. The average Bonchev–Trinajstić information content (AvgIpc) is 3.17. The first-order valence-electron chi connectivity index (χ1n) is 10.4. The number of carbonyl (C=O) groups excluding carboxylic acids is 1. The number of benzene rings is 1. The molecule has 0 amide bonds. The molecule has 0 unspecified atom stereocenters. The molecule has 0 aliphatic carbocycles. The summed E-state index contributed by atoms with van der Waals surface area (Å²) in [5.41, 5.74) is 6.42. The van der Waals surface area contributed by atoms with Gasteiger partial charge in [-0.3, -0.25) is 14.2 Å². The van der Waals surface area contributed by atoms with Crippen LogP contribution >= 0.6 is 0 Å². The molecule has 28 heavy (non-hydrogen) atoms. The van der Waals surface area contributed by atoms with Crippen LogP contribution in [0.25, 0.3) is 0 Å². The van der Waals surface area contributed by atoms with Crippen LogP contribution in [-0.4, -0.2) is 48.7 Å². The lowest BCUT2D eigenvalue weighted by Gasteiger charge is -2.29. The second-order valence-electron chi connectivity index (χ2n) is 7.48. The highest BCUT2D eigenvalue weighted by Gasteiger charge is 2.24. The molecule has 0 spiro atoms. The van der Waals surface area contributed by atoms with E-state index in [0.29, 0.717) is 12.3 Å². The molecule has 0 saturated carbocycles. The van der Waals surface area contributed by atoms with Crippen LogP contribution in [0.2, 0.25) is 0 Å². The van der Waals surface area contributed by atoms with Crippen LogP contribution in [0.3, 0.4) is 0 Å². The minimum Gasteiger partial charge on any atom is -0.362 e. The van der Waals surface area contributed by atoms with E-state index in [4.69, 9.17) is 10.3 Å². The molecule has 1 aromatic carbocycles. The van der Waals surface area contributed by atoms with Crippen molar-refractivity contribution in [3.63, 3.8) is 0 Å². The third kappa shape index (κ3) is 6.34. The third-order valence-corrected chi connectivity index (χ3v) is 5.34. The van der Waals surface area contributed by atoms with Gasteiger partial charge in [0.25, 0.3) is 12.1 Å². The van der Waals surface area contributed by atoms with Gasteiger partial charge in [0.2, 0.25) is 5.27 Å². The Kier molecular flexibility index (Phi) is 7.84. The smallest absolute Gasteiger partial charge is 0.296 e. The monoisotopic (exact) mass is 386 g/mol. The van der Waals surface area contributed by atoms with Crippen molar-refractivity contribution in [3.8, 4) is 0 Å². The van der Waals surface area contributed by atoms with Gasteiger partial charge in [-0.1, -0.05) is 56.0 Å². The number of aromatic nitrogens is 2. The highest BCUT2D eigenvalue weighted by atomic mass is 16.5. The number of nitrogen functional groups attached to an aromatic ring is 1. The van der Waals surface area contributed by atoms with Crippen molar-refractivity contribution in [2.75, 3.05) is 43.5 Å². The zero-order valence-corrected chi connectivity index (χ0v) is 16.6. The number of piperazine rings is 1. The van der Waals surface area contributed by atoms with Crippen molar-refractivity contribution in [1.29, 1.82) is 0 Å². The molecule has 1 aliphatic rings. The molecule has 0 radical (unpaired) electrons. The normalized spacial score (nSPS) is 15.1. The standard InChI is InChI=1S/C21H32N5O2/c22-21-18-26(23-28-21)25-16-14-24(15-17-25)13-9-4-2-1-3-8-12-20(27)19-10-6-5-7-11-19/h5-7,10-11,18H,1-4,8-9,12-17,22H2/q+1. The van der Waals surface area contributed by atoms with Crippen molar-refractivity contribution < 1.29 is 14.1 Å². The number of ketones is 1. The van der Waals surface area contributed by atoms with Crippen molar-refractivity contribution in [1.82, 2.24) is 10.2 Å². The van der Waals surface area contributed by atoms with Gasteiger partial charge < -0.3 is 5.73 Å². The number of hydrogen-bond donors (Lipinski definition) is 1. The van der Waals surface area contributed by atoms with Gasteiger partial charge in [-0.05, 0) is 19.4 Å². The highest BCUT2D eigenvalue weighted by molar-refractivity contribution is 5.95. The zero-order chi connectivity index (χ0) is 19.6. The summed E-state index contributed by atoms with van der Waals surface area (Å²) < 4.78 is 4.92. The fourth-order valence-electron chi connectivity index (χ4n) is 3.65. The van der Waals surface area contributed by atoms with Crippen molar-refractivity contribution in [2.24, 2.45) is 0 Å². The van der Waals surface area contributed by atoms with Crippen LogP contribution in [0.1, 0.15) is 55.3 Å².